The molecular weight excluding hydrogens is 268 g/mol. The summed E-state index contributed by atoms with van der Waals surface area (Å²) >= 11 is 6.20. The SMILES string of the molecule is CCCN1CCC(C(C)NCc2ccccc2Cl)CC1. The zero-order valence-corrected chi connectivity index (χ0v) is 13.5. The summed E-state index contributed by atoms with van der Waals surface area (Å²) in [7, 11) is 0. The maximum Gasteiger partial charge on any atom is 0.0450 e. The summed E-state index contributed by atoms with van der Waals surface area (Å²) in [6.45, 7) is 9.23. The second-order valence-electron chi connectivity index (χ2n) is 5.94. The minimum atomic E-state index is 0.565. The Morgan fingerprint density at radius 1 is 1.30 bits per heavy atom. The Labute approximate surface area is 128 Å². The highest BCUT2D eigenvalue weighted by molar-refractivity contribution is 6.31. The van der Waals surface area contributed by atoms with Gasteiger partial charge in [0.05, 0.1) is 0 Å². The molecule has 1 aliphatic rings. The van der Waals surface area contributed by atoms with Crippen LogP contribution in [-0.2, 0) is 6.54 Å². The molecule has 1 atom stereocenters. The average Bonchev–Trinajstić information content (AvgIpc) is 2.47. The van der Waals surface area contributed by atoms with E-state index in [1.54, 1.807) is 0 Å². The summed E-state index contributed by atoms with van der Waals surface area (Å²) in [4.78, 5) is 2.59. The van der Waals surface area contributed by atoms with Crippen molar-refractivity contribution in [2.75, 3.05) is 19.6 Å². The molecule has 0 amide bonds. The van der Waals surface area contributed by atoms with Crippen LogP contribution in [0.25, 0.3) is 0 Å². The van der Waals surface area contributed by atoms with Gasteiger partial charge >= 0.3 is 0 Å². The van der Waals surface area contributed by atoms with Crippen LogP contribution in [-0.4, -0.2) is 30.6 Å². The van der Waals surface area contributed by atoms with Crippen LogP contribution in [0, 0.1) is 5.92 Å². The molecule has 0 radical (unpaired) electrons. The maximum absolute atomic E-state index is 6.20. The Morgan fingerprint density at radius 3 is 2.65 bits per heavy atom. The third-order valence-electron chi connectivity index (χ3n) is 4.45. The van der Waals surface area contributed by atoms with E-state index in [0.29, 0.717) is 6.04 Å². The lowest BCUT2D eigenvalue weighted by Crippen LogP contribution is -2.41. The van der Waals surface area contributed by atoms with Crippen molar-refractivity contribution >= 4 is 11.6 Å². The lowest BCUT2D eigenvalue weighted by Gasteiger charge is -2.35. The highest BCUT2D eigenvalue weighted by Crippen LogP contribution is 2.21. The molecule has 0 aromatic heterocycles. The van der Waals surface area contributed by atoms with Crippen LogP contribution in [0.15, 0.2) is 24.3 Å². The van der Waals surface area contributed by atoms with E-state index >= 15 is 0 Å². The third-order valence-corrected chi connectivity index (χ3v) is 4.82. The van der Waals surface area contributed by atoms with Gasteiger partial charge in [-0.1, -0.05) is 36.7 Å². The summed E-state index contributed by atoms with van der Waals surface area (Å²) in [5, 5.41) is 4.52. The molecule has 1 aromatic rings. The molecule has 2 rings (SSSR count). The van der Waals surface area contributed by atoms with Gasteiger partial charge in [0.25, 0.3) is 0 Å². The van der Waals surface area contributed by atoms with Gasteiger partial charge in [0.2, 0.25) is 0 Å². The predicted octanol–water partition coefficient (Wildman–Crippen LogP) is 3.94. The Balaban J connectivity index is 1.76. The molecule has 112 valence electrons. The zero-order chi connectivity index (χ0) is 14.4. The van der Waals surface area contributed by atoms with Gasteiger partial charge in [-0.05, 0) is 63.4 Å². The maximum atomic E-state index is 6.20. The fourth-order valence-corrected chi connectivity index (χ4v) is 3.27. The monoisotopic (exact) mass is 294 g/mol. The van der Waals surface area contributed by atoms with Crippen molar-refractivity contribution in [3.05, 3.63) is 34.9 Å². The fraction of sp³-hybridized carbons (Fsp3) is 0.647. The predicted molar refractivity (Wildman–Crippen MR) is 87.2 cm³/mol. The minimum absolute atomic E-state index is 0.565. The van der Waals surface area contributed by atoms with Crippen LogP contribution in [0.1, 0.15) is 38.7 Å². The van der Waals surface area contributed by atoms with Crippen LogP contribution < -0.4 is 5.32 Å². The van der Waals surface area contributed by atoms with E-state index in [4.69, 9.17) is 11.6 Å². The number of benzene rings is 1. The fourth-order valence-electron chi connectivity index (χ4n) is 3.07. The smallest absolute Gasteiger partial charge is 0.0450 e. The van der Waals surface area contributed by atoms with E-state index in [-0.39, 0.29) is 0 Å². The summed E-state index contributed by atoms with van der Waals surface area (Å²) in [6, 6.07) is 8.67. The second-order valence-corrected chi connectivity index (χ2v) is 6.35. The highest BCUT2D eigenvalue weighted by Gasteiger charge is 2.23. The van der Waals surface area contributed by atoms with Gasteiger partial charge in [-0.2, -0.15) is 0 Å². The molecule has 2 nitrogen and oxygen atoms in total. The molecule has 1 N–H and O–H groups in total. The molecule has 1 saturated heterocycles. The largest absolute Gasteiger partial charge is 0.310 e. The number of halogens is 1. The van der Waals surface area contributed by atoms with Gasteiger partial charge in [0.15, 0.2) is 0 Å². The number of piperidine rings is 1. The Morgan fingerprint density at radius 2 is 2.00 bits per heavy atom. The molecule has 3 heteroatoms. The molecule has 20 heavy (non-hydrogen) atoms. The lowest BCUT2D eigenvalue weighted by atomic mass is 9.90. The number of hydrogen-bond acceptors (Lipinski definition) is 2. The molecule has 1 unspecified atom stereocenters. The van der Waals surface area contributed by atoms with Crippen molar-refractivity contribution in [2.45, 2.75) is 45.7 Å². The molecule has 1 heterocycles. The number of nitrogens with zero attached hydrogens (tertiary/aromatic N) is 1. The van der Waals surface area contributed by atoms with Crippen LogP contribution in [0.3, 0.4) is 0 Å². The third kappa shape index (κ3) is 4.47. The summed E-state index contributed by atoms with van der Waals surface area (Å²) in [6.07, 6.45) is 3.90. The van der Waals surface area contributed by atoms with Crippen LogP contribution in [0.4, 0.5) is 0 Å². The zero-order valence-electron chi connectivity index (χ0n) is 12.7. The van der Waals surface area contributed by atoms with Gasteiger partial charge < -0.3 is 10.2 Å². The van der Waals surface area contributed by atoms with E-state index in [0.717, 1.165) is 17.5 Å². The first-order valence-corrected chi connectivity index (χ1v) is 8.27. The van der Waals surface area contributed by atoms with Crippen LogP contribution in [0.2, 0.25) is 5.02 Å². The van der Waals surface area contributed by atoms with E-state index in [2.05, 4.69) is 36.2 Å². The average molecular weight is 295 g/mol. The minimum Gasteiger partial charge on any atom is -0.310 e. The molecule has 0 saturated carbocycles. The van der Waals surface area contributed by atoms with Gasteiger partial charge in [0.1, 0.15) is 0 Å². The quantitative estimate of drug-likeness (QED) is 0.855. The number of rotatable bonds is 6. The van der Waals surface area contributed by atoms with Crippen molar-refractivity contribution in [3.8, 4) is 0 Å². The molecule has 0 aliphatic carbocycles. The highest BCUT2D eigenvalue weighted by atomic mass is 35.5. The van der Waals surface area contributed by atoms with Crippen molar-refractivity contribution < 1.29 is 0 Å². The van der Waals surface area contributed by atoms with Gasteiger partial charge in [-0.3, -0.25) is 0 Å². The number of hydrogen-bond donors (Lipinski definition) is 1. The first-order valence-electron chi connectivity index (χ1n) is 7.90. The van der Waals surface area contributed by atoms with E-state index in [1.807, 2.05) is 12.1 Å². The van der Waals surface area contributed by atoms with Gasteiger partial charge in [0, 0.05) is 17.6 Å². The topological polar surface area (TPSA) is 15.3 Å². The van der Waals surface area contributed by atoms with Gasteiger partial charge in [-0.25, -0.2) is 0 Å². The Hall–Kier alpha value is -0.570. The first kappa shape index (κ1) is 15.8. The Kier molecular flexibility index (Phi) is 6.34. The van der Waals surface area contributed by atoms with Gasteiger partial charge in [-0.15, -0.1) is 0 Å². The number of likely N-dealkylation sites (tertiary alicyclic amines) is 1. The van der Waals surface area contributed by atoms with E-state index in [9.17, 15) is 0 Å². The summed E-state index contributed by atoms with van der Waals surface area (Å²) in [5.41, 5.74) is 1.20. The Bertz CT molecular complexity index is 400. The second kappa shape index (κ2) is 8.02. The molecule has 1 aromatic carbocycles. The van der Waals surface area contributed by atoms with E-state index < -0.39 is 0 Å². The van der Waals surface area contributed by atoms with Crippen molar-refractivity contribution in [1.82, 2.24) is 10.2 Å². The van der Waals surface area contributed by atoms with Crippen LogP contribution in [0.5, 0.6) is 0 Å². The standard InChI is InChI=1S/C17H27ClN2/c1-3-10-20-11-8-15(9-12-20)14(2)19-13-16-6-4-5-7-17(16)18/h4-7,14-15,19H,3,8-13H2,1-2H3. The summed E-state index contributed by atoms with van der Waals surface area (Å²) < 4.78 is 0. The summed E-state index contributed by atoms with van der Waals surface area (Å²) in [5.74, 6) is 0.797. The molecule has 0 bridgehead atoms. The van der Waals surface area contributed by atoms with E-state index in [1.165, 1.54) is 44.5 Å². The lowest BCUT2D eigenvalue weighted by molar-refractivity contribution is 0.162. The molecular formula is C17H27ClN2. The molecule has 1 fully saturated rings. The first-order chi connectivity index (χ1) is 9.70. The molecule has 1 aliphatic heterocycles. The van der Waals surface area contributed by atoms with Crippen molar-refractivity contribution in [2.24, 2.45) is 5.92 Å². The normalized spacial score (nSPS) is 19.1. The molecule has 0 spiro atoms. The van der Waals surface area contributed by atoms with Crippen molar-refractivity contribution in [1.29, 1.82) is 0 Å². The van der Waals surface area contributed by atoms with Crippen molar-refractivity contribution in [3.63, 3.8) is 0 Å². The van der Waals surface area contributed by atoms with Crippen LogP contribution >= 0.6 is 11.6 Å². The number of nitrogens with one attached hydrogen (secondary N) is 1.